The molecule has 1 aromatic rings. The van der Waals surface area contributed by atoms with Crippen LogP contribution in [-0.4, -0.2) is 35.0 Å². The number of benzene rings is 1. The van der Waals surface area contributed by atoms with E-state index in [2.05, 4.69) is 17.4 Å². The molecule has 4 nitrogen and oxygen atoms in total. The average Bonchev–Trinajstić information content (AvgIpc) is 2.90. The predicted molar refractivity (Wildman–Crippen MR) is 84.7 cm³/mol. The van der Waals surface area contributed by atoms with Crippen molar-refractivity contribution in [2.24, 2.45) is 0 Å². The van der Waals surface area contributed by atoms with Crippen molar-refractivity contribution in [3.8, 4) is 0 Å². The van der Waals surface area contributed by atoms with E-state index in [1.807, 2.05) is 12.3 Å². The summed E-state index contributed by atoms with van der Waals surface area (Å²) in [5, 5.41) is 11.7. The molecule has 2 N–H and O–H groups in total. The molecule has 0 heterocycles. The number of nitrogens with one attached hydrogen (secondary N) is 1. The molecule has 1 atom stereocenters. The van der Waals surface area contributed by atoms with Gasteiger partial charge in [-0.1, -0.05) is 18.2 Å². The van der Waals surface area contributed by atoms with E-state index in [4.69, 9.17) is 5.11 Å². The summed E-state index contributed by atoms with van der Waals surface area (Å²) in [7, 11) is 0. The number of hydrogen-bond donors (Lipinski definition) is 2. The molecule has 0 aromatic heterocycles. The van der Waals surface area contributed by atoms with Gasteiger partial charge in [-0.15, -0.1) is 0 Å². The summed E-state index contributed by atoms with van der Waals surface area (Å²) in [4.78, 5) is 23.1. The van der Waals surface area contributed by atoms with Crippen LogP contribution in [0.4, 0.5) is 0 Å². The average molecular weight is 307 g/mol. The third-order valence-electron chi connectivity index (χ3n) is 3.77. The summed E-state index contributed by atoms with van der Waals surface area (Å²) in [6.45, 7) is 0. The standard InChI is InChI=1S/C16H21NO3S/c1-21-8-7-14(16(19)20)17-15(18)10-11-5-6-12-3-2-4-13(12)9-11/h5-6,9,14H,2-4,7-8,10H2,1H3,(H,17,18)(H,19,20). The largest absolute Gasteiger partial charge is 0.480 e. The lowest BCUT2D eigenvalue weighted by atomic mass is 10.0. The Labute approximate surface area is 129 Å². The van der Waals surface area contributed by atoms with Crippen LogP contribution in [0, 0.1) is 0 Å². The predicted octanol–water partition coefficient (Wildman–Crippen LogP) is 2.04. The molecule has 2 rings (SSSR count). The molecule has 1 unspecified atom stereocenters. The first-order chi connectivity index (χ1) is 10.1. The SMILES string of the molecule is CSCCC(NC(=O)Cc1ccc2c(c1)CCC2)C(=O)O. The van der Waals surface area contributed by atoms with E-state index < -0.39 is 12.0 Å². The van der Waals surface area contributed by atoms with Crippen molar-refractivity contribution in [1.29, 1.82) is 0 Å². The van der Waals surface area contributed by atoms with Crippen LogP contribution in [-0.2, 0) is 28.9 Å². The van der Waals surface area contributed by atoms with Crippen LogP contribution in [0.15, 0.2) is 18.2 Å². The normalized spacial score (nSPS) is 14.5. The van der Waals surface area contributed by atoms with Gasteiger partial charge in [0.05, 0.1) is 6.42 Å². The molecule has 0 saturated carbocycles. The number of aryl methyl sites for hydroxylation is 2. The maximum absolute atomic E-state index is 12.0. The Morgan fingerprint density at radius 3 is 2.81 bits per heavy atom. The molecule has 0 bridgehead atoms. The van der Waals surface area contributed by atoms with Gasteiger partial charge in [0, 0.05) is 0 Å². The number of carboxylic acid groups (broad SMARTS) is 1. The first-order valence-corrected chi connectivity index (χ1v) is 8.61. The van der Waals surface area contributed by atoms with Gasteiger partial charge in [0.1, 0.15) is 6.04 Å². The van der Waals surface area contributed by atoms with Gasteiger partial charge in [-0.05, 0) is 54.4 Å². The third-order valence-corrected chi connectivity index (χ3v) is 4.42. The highest BCUT2D eigenvalue weighted by molar-refractivity contribution is 7.98. The number of hydrogen-bond acceptors (Lipinski definition) is 3. The Morgan fingerprint density at radius 1 is 1.33 bits per heavy atom. The summed E-state index contributed by atoms with van der Waals surface area (Å²) < 4.78 is 0. The topological polar surface area (TPSA) is 66.4 Å². The maximum atomic E-state index is 12.0. The fourth-order valence-corrected chi connectivity index (χ4v) is 3.13. The zero-order valence-corrected chi connectivity index (χ0v) is 13.0. The molecule has 1 aliphatic carbocycles. The number of thioether (sulfide) groups is 1. The van der Waals surface area contributed by atoms with E-state index in [0.29, 0.717) is 6.42 Å². The minimum Gasteiger partial charge on any atom is -0.480 e. The highest BCUT2D eigenvalue weighted by Gasteiger charge is 2.19. The van der Waals surface area contributed by atoms with Crippen LogP contribution >= 0.6 is 11.8 Å². The number of carbonyl (C=O) groups is 2. The van der Waals surface area contributed by atoms with Crippen molar-refractivity contribution in [3.05, 3.63) is 34.9 Å². The minimum atomic E-state index is -0.966. The van der Waals surface area contributed by atoms with Crippen molar-refractivity contribution in [1.82, 2.24) is 5.32 Å². The van der Waals surface area contributed by atoms with Crippen LogP contribution < -0.4 is 5.32 Å². The van der Waals surface area contributed by atoms with Crippen LogP contribution in [0.2, 0.25) is 0 Å². The van der Waals surface area contributed by atoms with E-state index >= 15 is 0 Å². The summed E-state index contributed by atoms with van der Waals surface area (Å²) >= 11 is 1.58. The maximum Gasteiger partial charge on any atom is 0.326 e. The van der Waals surface area contributed by atoms with E-state index in [0.717, 1.165) is 24.2 Å². The molecule has 5 heteroatoms. The van der Waals surface area contributed by atoms with Crippen LogP contribution in [0.1, 0.15) is 29.5 Å². The molecule has 0 radical (unpaired) electrons. The van der Waals surface area contributed by atoms with E-state index in [-0.39, 0.29) is 12.3 Å². The summed E-state index contributed by atoms with van der Waals surface area (Å²) in [5.74, 6) is -0.469. The molecule has 21 heavy (non-hydrogen) atoms. The van der Waals surface area contributed by atoms with Crippen LogP contribution in [0.3, 0.4) is 0 Å². The number of carbonyl (C=O) groups excluding carboxylic acids is 1. The van der Waals surface area contributed by atoms with Gasteiger partial charge in [0.15, 0.2) is 0 Å². The fraction of sp³-hybridized carbons (Fsp3) is 0.500. The van der Waals surface area contributed by atoms with Gasteiger partial charge in [0.2, 0.25) is 5.91 Å². The molecule has 114 valence electrons. The Morgan fingerprint density at radius 2 is 2.10 bits per heavy atom. The lowest BCUT2D eigenvalue weighted by Gasteiger charge is -2.14. The molecule has 1 aromatic carbocycles. The first-order valence-electron chi connectivity index (χ1n) is 7.22. The summed E-state index contributed by atoms with van der Waals surface area (Å²) in [6, 6.07) is 5.35. The Balaban J connectivity index is 1.92. The van der Waals surface area contributed by atoms with Gasteiger partial charge >= 0.3 is 5.97 Å². The lowest BCUT2D eigenvalue weighted by Crippen LogP contribution is -2.41. The van der Waals surface area contributed by atoms with Gasteiger partial charge < -0.3 is 10.4 Å². The van der Waals surface area contributed by atoms with Crippen molar-refractivity contribution in [2.45, 2.75) is 38.1 Å². The van der Waals surface area contributed by atoms with Gasteiger partial charge in [0.25, 0.3) is 0 Å². The molecule has 1 amide bonds. The quantitative estimate of drug-likeness (QED) is 0.809. The van der Waals surface area contributed by atoms with Crippen molar-refractivity contribution in [3.63, 3.8) is 0 Å². The Kier molecular flexibility index (Phi) is 5.67. The molecule has 0 saturated heterocycles. The number of fused-ring (bicyclic) bond motifs is 1. The zero-order chi connectivity index (χ0) is 15.2. The molecule has 1 aliphatic rings. The Bertz CT molecular complexity index is 530. The molecule has 0 fully saturated rings. The second-order valence-corrected chi connectivity index (χ2v) is 6.36. The van der Waals surface area contributed by atoms with E-state index in [1.54, 1.807) is 11.8 Å². The highest BCUT2D eigenvalue weighted by atomic mass is 32.2. The third kappa shape index (κ3) is 4.49. The second kappa shape index (κ2) is 7.50. The fourth-order valence-electron chi connectivity index (χ4n) is 2.66. The van der Waals surface area contributed by atoms with Crippen molar-refractivity contribution >= 4 is 23.6 Å². The molecular formula is C16H21NO3S. The minimum absolute atomic E-state index is 0.221. The zero-order valence-electron chi connectivity index (χ0n) is 12.2. The second-order valence-electron chi connectivity index (χ2n) is 5.37. The molecule has 0 aliphatic heterocycles. The smallest absolute Gasteiger partial charge is 0.326 e. The van der Waals surface area contributed by atoms with Crippen molar-refractivity contribution < 1.29 is 14.7 Å². The number of rotatable bonds is 7. The van der Waals surface area contributed by atoms with Crippen LogP contribution in [0.25, 0.3) is 0 Å². The number of amides is 1. The monoisotopic (exact) mass is 307 g/mol. The van der Waals surface area contributed by atoms with Crippen LogP contribution in [0.5, 0.6) is 0 Å². The van der Waals surface area contributed by atoms with Gasteiger partial charge in [-0.25, -0.2) is 4.79 Å². The summed E-state index contributed by atoms with van der Waals surface area (Å²) in [5.41, 5.74) is 3.67. The van der Waals surface area contributed by atoms with Gasteiger partial charge in [-0.2, -0.15) is 11.8 Å². The number of carboxylic acids is 1. The Hall–Kier alpha value is -1.49. The van der Waals surface area contributed by atoms with E-state index in [1.165, 1.54) is 17.5 Å². The lowest BCUT2D eigenvalue weighted by molar-refractivity contribution is -0.141. The van der Waals surface area contributed by atoms with Crippen molar-refractivity contribution in [2.75, 3.05) is 12.0 Å². The molecular weight excluding hydrogens is 286 g/mol. The van der Waals surface area contributed by atoms with Gasteiger partial charge in [-0.3, -0.25) is 4.79 Å². The first kappa shape index (κ1) is 15.9. The molecule has 0 spiro atoms. The van der Waals surface area contributed by atoms with E-state index in [9.17, 15) is 9.59 Å². The number of aliphatic carboxylic acids is 1. The summed E-state index contributed by atoms with van der Waals surface area (Å²) in [6.07, 6.45) is 6.00. The highest BCUT2D eigenvalue weighted by Crippen LogP contribution is 2.23.